The summed E-state index contributed by atoms with van der Waals surface area (Å²) in [5, 5.41) is 19.2. The van der Waals surface area contributed by atoms with Gasteiger partial charge in [-0.2, -0.15) is 0 Å². The van der Waals surface area contributed by atoms with E-state index in [2.05, 4.69) is 0 Å². The maximum atomic E-state index is 10.4. The van der Waals surface area contributed by atoms with E-state index in [4.69, 9.17) is 5.11 Å². The van der Waals surface area contributed by atoms with E-state index in [0.717, 1.165) is 10.1 Å². The topological polar surface area (TPSA) is 57.5 Å². The molecule has 1 atom stereocenters. The molecule has 78 valence electrons. The number of hydrogen-bond acceptors (Lipinski definition) is 3. The standard InChI is InChI=1S/C11H10O3S/c12-8(6-11(13)14)10-5-7-3-1-2-4-9(7)15-10/h1-5,8,12H,6H2,(H,13,14)/t8-/m0/s1. The quantitative estimate of drug-likeness (QED) is 0.838. The van der Waals surface area contributed by atoms with Crippen LogP contribution in [0.1, 0.15) is 17.4 Å². The van der Waals surface area contributed by atoms with Crippen LogP contribution in [0, 0.1) is 0 Å². The van der Waals surface area contributed by atoms with Gasteiger partial charge in [-0.3, -0.25) is 4.79 Å². The normalized spacial score (nSPS) is 12.9. The maximum Gasteiger partial charge on any atom is 0.306 e. The molecule has 0 saturated carbocycles. The fourth-order valence-corrected chi connectivity index (χ4v) is 2.48. The molecule has 0 bridgehead atoms. The van der Waals surface area contributed by atoms with Crippen LogP contribution in [-0.4, -0.2) is 16.2 Å². The Balaban J connectivity index is 2.32. The minimum absolute atomic E-state index is 0.243. The van der Waals surface area contributed by atoms with E-state index in [1.807, 2.05) is 30.3 Å². The molecular weight excluding hydrogens is 212 g/mol. The van der Waals surface area contributed by atoms with E-state index in [1.54, 1.807) is 0 Å². The van der Waals surface area contributed by atoms with Gasteiger partial charge in [0.2, 0.25) is 0 Å². The van der Waals surface area contributed by atoms with E-state index < -0.39 is 12.1 Å². The van der Waals surface area contributed by atoms with Gasteiger partial charge in [0.05, 0.1) is 12.5 Å². The fraction of sp³-hybridized carbons (Fsp3) is 0.182. The first kappa shape index (κ1) is 10.1. The van der Waals surface area contributed by atoms with Gasteiger partial charge in [-0.15, -0.1) is 11.3 Å². The number of carboxylic acids is 1. The number of aliphatic hydroxyl groups is 1. The number of carboxylic acid groups (broad SMARTS) is 1. The van der Waals surface area contributed by atoms with Crippen molar-refractivity contribution in [1.82, 2.24) is 0 Å². The van der Waals surface area contributed by atoms with E-state index >= 15 is 0 Å². The van der Waals surface area contributed by atoms with E-state index in [-0.39, 0.29) is 6.42 Å². The predicted molar refractivity (Wildman–Crippen MR) is 59.0 cm³/mol. The highest BCUT2D eigenvalue weighted by Gasteiger charge is 2.14. The van der Waals surface area contributed by atoms with Gasteiger partial charge in [-0.25, -0.2) is 0 Å². The lowest BCUT2D eigenvalue weighted by molar-refractivity contribution is -0.139. The van der Waals surface area contributed by atoms with Crippen LogP contribution in [0.25, 0.3) is 10.1 Å². The largest absolute Gasteiger partial charge is 0.481 e. The van der Waals surface area contributed by atoms with Gasteiger partial charge >= 0.3 is 5.97 Å². The van der Waals surface area contributed by atoms with Gasteiger partial charge in [0, 0.05) is 9.58 Å². The number of carbonyl (C=O) groups is 1. The van der Waals surface area contributed by atoms with Crippen LogP contribution in [-0.2, 0) is 4.79 Å². The Labute approximate surface area is 90.6 Å². The lowest BCUT2D eigenvalue weighted by Crippen LogP contribution is -2.03. The Morgan fingerprint density at radius 1 is 1.40 bits per heavy atom. The summed E-state index contributed by atoms with van der Waals surface area (Å²) in [7, 11) is 0. The molecule has 2 rings (SSSR count). The van der Waals surface area contributed by atoms with Crippen LogP contribution in [0.5, 0.6) is 0 Å². The summed E-state index contributed by atoms with van der Waals surface area (Å²) in [6.45, 7) is 0. The maximum absolute atomic E-state index is 10.4. The Morgan fingerprint density at radius 3 is 2.80 bits per heavy atom. The SMILES string of the molecule is O=C(O)C[C@H](O)c1cc2ccccc2s1. The Kier molecular flexibility index (Phi) is 2.70. The fourth-order valence-electron chi connectivity index (χ4n) is 1.43. The van der Waals surface area contributed by atoms with Crippen LogP contribution >= 0.6 is 11.3 Å². The smallest absolute Gasteiger partial charge is 0.306 e. The second-order valence-electron chi connectivity index (χ2n) is 3.30. The molecule has 0 unspecified atom stereocenters. The second kappa shape index (κ2) is 4.00. The van der Waals surface area contributed by atoms with Crippen molar-refractivity contribution < 1.29 is 15.0 Å². The van der Waals surface area contributed by atoms with E-state index in [1.165, 1.54) is 11.3 Å². The molecule has 0 amide bonds. The van der Waals surface area contributed by atoms with Crippen LogP contribution in [0.3, 0.4) is 0 Å². The Bertz CT molecular complexity index is 456. The van der Waals surface area contributed by atoms with Gasteiger partial charge in [-0.05, 0) is 17.5 Å². The molecule has 1 aromatic carbocycles. The molecule has 0 aliphatic heterocycles. The monoisotopic (exact) mass is 222 g/mol. The predicted octanol–water partition coefficient (Wildman–Crippen LogP) is 2.41. The van der Waals surface area contributed by atoms with Crippen LogP contribution < -0.4 is 0 Å². The summed E-state index contributed by atoms with van der Waals surface area (Å²) < 4.78 is 1.07. The zero-order valence-corrected chi connectivity index (χ0v) is 8.70. The lowest BCUT2D eigenvalue weighted by Gasteiger charge is -2.02. The first-order chi connectivity index (χ1) is 7.16. The van der Waals surface area contributed by atoms with E-state index in [9.17, 15) is 9.90 Å². The van der Waals surface area contributed by atoms with Gasteiger partial charge in [0.25, 0.3) is 0 Å². The van der Waals surface area contributed by atoms with Gasteiger partial charge in [-0.1, -0.05) is 18.2 Å². The molecule has 15 heavy (non-hydrogen) atoms. The average molecular weight is 222 g/mol. The Morgan fingerprint density at radius 2 is 2.13 bits per heavy atom. The summed E-state index contributed by atoms with van der Waals surface area (Å²) in [5.74, 6) is -0.986. The highest BCUT2D eigenvalue weighted by atomic mass is 32.1. The minimum Gasteiger partial charge on any atom is -0.481 e. The highest BCUT2D eigenvalue weighted by molar-refractivity contribution is 7.19. The molecule has 0 aliphatic rings. The third kappa shape index (κ3) is 2.16. The number of aliphatic carboxylic acids is 1. The summed E-state index contributed by atoms with van der Waals surface area (Å²) in [5.41, 5.74) is 0. The molecule has 4 heteroatoms. The zero-order valence-electron chi connectivity index (χ0n) is 7.88. The van der Waals surface area contributed by atoms with Crippen molar-refractivity contribution in [3.05, 3.63) is 35.2 Å². The van der Waals surface area contributed by atoms with Crippen molar-refractivity contribution in [3.8, 4) is 0 Å². The van der Waals surface area contributed by atoms with Crippen molar-refractivity contribution in [2.45, 2.75) is 12.5 Å². The molecule has 0 aliphatic carbocycles. The molecule has 1 heterocycles. The minimum atomic E-state index is -0.986. The first-order valence-electron chi connectivity index (χ1n) is 4.55. The number of benzene rings is 1. The summed E-state index contributed by atoms with van der Waals surface area (Å²) in [6, 6.07) is 9.59. The number of rotatable bonds is 3. The molecule has 3 nitrogen and oxygen atoms in total. The molecule has 0 fully saturated rings. The summed E-state index contributed by atoms with van der Waals surface area (Å²) >= 11 is 1.43. The van der Waals surface area contributed by atoms with Crippen molar-refractivity contribution in [3.63, 3.8) is 0 Å². The highest BCUT2D eigenvalue weighted by Crippen LogP contribution is 2.30. The lowest BCUT2D eigenvalue weighted by atomic mass is 10.2. The first-order valence-corrected chi connectivity index (χ1v) is 5.37. The van der Waals surface area contributed by atoms with Crippen molar-refractivity contribution in [1.29, 1.82) is 0 Å². The zero-order chi connectivity index (χ0) is 10.8. The Hall–Kier alpha value is -1.39. The molecule has 1 aromatic heterocycles. The number of aliphatic hydroxyl groups excluding tert-OH is 1. The van der Waals surface area contributed by atoms with Crippen LogP contribution in [0.4, 0.5) is 0 Å². The van der Waals surface area contributed by atoms with Crippen molar-refractivity contribution in [2.75, 3.05) is 0 Å². The van der Waals surface area contributed by atoms with Crippen LogP contribution in [0.15, 0.2) is 30.3 Å². The van der Waals surface area contributed by atoms with Gasteiger partial charge < -0.3 is 10.2 Å². The third-order valence-corrected chi connectivity index (χ3v) is 3.36. The number of fused-ring (bicyclic) bond motifs is 1. The molecule has 0 spiro atoms. The molecule has 0 saturated heterocycles. The second-order valence-corrected chi connectivity index (χ2v) is 4.42. The molecular formula is C11H10O3S. The van der Waals surface area contributed by atoms with Gasteiger partial charge in [0.1, 0.15) is 0 Å². The van der Waals surface area contributed by atoms with Crippen molar-refractivity contribution in [2.24, 2.45) is 0 Å². The molecule has 0 radical (unpaired) electrons. The summed E-state index contributed by atoms with van der Waals surface area (Å²) in [4.78, 5) is 11.1. The summed E-state index contributed by atoms with van der Waals surface area (Å²) in [6.07, 6.45) is -1.15. The van der Waals surface area contributed by atoms with E-state index in [0.29, 0.717) is 4.88 Å². The number of hydrogen-bond donors (Lipinski definition) is 2. The third-order valence-electron chi connectivity index (χ3n) is 2.14. The average Bonchev–Trinajstić information content (AvgIpc) is 2.59. The van der Waals surface area contributed by atoms with Crippen LogP contribution in [0.2, 0.25) is 0 Å². The number of thiophene rings is 1. The molecule has 2 N–H and O–H groups in total. The molecule has 2 aromatic rings. The van der Waals surface area contributed by atoms with Crippen molar-refractivity contribution >= 4 is 27.4 Å². The van der Waals surface area contributed by atoms with Gasteiger partial charge in [0.15, 0.2) is 0 Å².